The van der Waals surface area contributed by atoms with Crippen molar-refractivity contribution in [2.24, 2.45) is 0 Å². The lowest BCUT2D eigenvalue weighted by atomic mass is 10.1. The summed E-state index contributed by atoms with van der Waals surface area (Å²) in [6, 6.07) is 0.0759. The Bertz CT molecular complexity index is 340. The molecule has 7 heteroatoms. The minimum absolute atomic E-state index is 0.0327. The molecule has 7 nitrogen and oxygen atoms in total. The zero-order valence-electron chi connectivity index (χ0n) is 12.5. The van der Waals surface area contributed by atoms with Gasteiger partial charge in [0.2, 0.25) is 5.91 Å². The smallest absolute Gasteiger partial charge is 0.410 e. The molecule has 0 aliphatic carbocycles. The third kappa shape index (κ3) is 7.10. The SMILES string of the molecule is C=CCOC(=O)N1CCC(NC(=O)COCCOC)CC1. The highest BCUT2D eigenvalue weighted by atomic mass is 16.6. The van der Waals surface area contributed by atoms with Crippen molar-refractivity contribution in [1.29, 1.82) is 0 Å². The molecule has 0 spiro atoms. The number of piperidine rings is 1. The Morgan fingerprint density at radius 1 is 1.33 bits per heavy atom. The van der Waals surface area contributed by atoms with Gasteiger partial charge in [0, 0.05) is 26.2 Å². The summed E-state index contributed by atoms with van der Waals surface area (Å²) in [6.07, 6.45) is 2.64. The lowest BCUT2D eigenvalue weighted by molar-refractivity contribution is -0.127. The first-order chi connectivity index (χ1) is 10.2. The average molecular weight is 300 g/mol. The molecule has 21 heavy (non-hydrogen) atoms. The van der Waals surface area contributed by atoms with E-state index < -0.39 is 0 Å². The zero-order valence-corrected chi connectivity index (χ0v) is 12.5. The molecule has 0 bridgehead atoms. The van der Waals surface area contributed by atoms with Crippen LogP contribution in [0.2, 0.25) is 0 Å². The number of nitrogens with zero attached hydrogens (tertiary/aromatic N) is 1. The summed E-state index contributed by atoms with van der Waals surface area (Å²) in [7, 11) is 1.58. The third-order valence-electron chi connectivity index (χ3n) is 3.11. The van der Waals surface area contributed by atoms with E-state index in [4.69, 9.17) is 14.2 Å². The molecule has 1 aliphatic heterocycles. The van der Waals surface area contributed by atoms with Crippen LogP contribution in [0.3, 0.4) is 0 Å². The van der Waals surface area contributed by atoms with Crippen LogP contribution in [0.1, 0.15) is 12.8 Å². The molecule has 2 amide bonds. The molecule has 0 aromatic carbocycles. The van der Waals surface area contributed by atoms with Gasteiger partial charge in [-0.2, -0.15) is 0 Å². The van der Waals surface area contributed by atoms with E-state index in [1.54, 1.807) is 12.0 Å². The van der Waals surface area contributed by atoms with E-state index in [-0.39, 0.29) is 31.3 Å². The molecule has 1 rings (SSSR count). The average Bonchev–Trinajstić information content (AvgIpc) is 2.50. The second-order valence-electron chi connectivity index (χ2n) is 4.74. The van der Waals surface area contributed by atoms with Crippen LogP contribution in [-0.4, -0.2) is 69.6 Å². The summed E-state index contributed by atoms with van der Waals surface area (Å²) in [5.41, 5.74) is 0. The topological polar surface area (TPSA) is 77.1 Å². The van der Waals surface area contributed by atoms with E-state index in [0.29, 0.717) is 39.1 Å². The van der Waals surface area contributed by atoms with Crippen molar-refractivity contribution in [3.8, 4) is 0 Å². The molecule has 0 atom stereocenters. The molecular formula is C14H24N2O5. The van der Waals surface area contributed by atoms with Crippen LogP contribution in [0.5, 0.6) is 0 Å². The molecule has 1 aliphatic rings. The Morgan fingerprint density at radius 2 is 2.05 bits per heavy atom. The summed E-state index contributed by atoms with van der Waals surface area (Å²) in [5.74, 6) is -0.140. The summed E-state index contributed by atoms with van der Waals surface area (Å²) < 4.78 is 14.9. The van der Waals surface area contributed by atoms with E-state index in [9.17, 15) is 9.59 Å². The van der Waals surface area contributed by atoms with Gasteiger partial charge in [0.05, 0.1) is 13.2 Å². The van der Waals surface area contributed by atoms with Crippen LogP contribution in [0, 0.1) is 0 Å². The fraction of sp³-hybridized carbons (Fsp3) is 0.714. The molecular weight excluding hydrogens is 276 g/mol. The van der Waals surface area contributed by atoms with Gasteiger partial charge in [0.1, 0.15) is 13.2 Å². The maximum absolute atomic E-state index is 11.6. The van der Waals surface area contributed by atoms with Crippen LogP contribution >= 0.6 is 0 Å². The van der Waals surface area contributed by atoms with E-state index in [1.807, 2.05) is 0 Å². The molecule has 0 unspecified atom stereocenters. The quantitative estimate of drug-likeness (QED) is 0.523. The standard InChI is InChI=1S/C14H24N2O5/c1-3-8-21-14(18)16-6-4-12(5-7-16)15-13(17)11-20-10-9-19-2/h3,12H,1,4-11H2,2H3,(H,15,17). The Labute approximate surface area is 125 Å². The number of nitrogens with one attached hydrogen (secondary N) is 1. The third-order valence-corrected chi connectivity index (χ3v) is 3.11. The predicted octanol–water partition coefficient (Wildman–Crippen LogP) is 0.553. The number of methoxy groups -OCH3 is 1. The Kier molecular flexibility index (Phi) is 8.45. The number of hydrogen-bond donors (Lipinski definition) is 1. The number of amides is 2. The van der Waals surface area contributed by atoms with Crippen LogP contribution in [-0.2, 0) is 19.0 Å². The molecule has 120 valence electrons. The van der Waals surface area contributed by atoms with E-state index in [1.165, 1.54) is 6.08 Å². The van der Waals surface area contributed by atoms with Gasteiger partial charge in [-0.3, -0.25) is 4.79 Å². The van der Waals surface area contributed by atoms with Gasteiger partial charge in [0.15, 0.2) is 0 Å². The summed E-state index contributed by atoms with van der Waals surface area (Å²) >= 11 is 0. The maximum Gasteiger partial charge on any atom is 0.410 e. The second-order valence-corrected chi connectivity index (χ2v) is 4.74. The molecule has 0 aromatic rings. The van der Waals surface area contributed by atoms with Crippen molar-refractivity contribution in [2.75, 3.05) is 46.6 Å². The summed E-state index contributed by atoms with van der Waals surface area (Å²) in [4.78, 5) is 24.9. The van der Waals surface area contributed by atoms with Crippen molar-refractivity contribution in [1.82, 2.24) is 10.2 Å². The highest BCUT2D eigenvalue weighted by Crippen LogP contribution is 2.11. The van der Waals surface area contributed by atoms with Gasteiger partial charge < -0.3 is 24.4 Å². The second kappa shape index (κ2) is 10.2. The Morgan fingerprint density at radius 3 is 2.67 bits per heavy atom. The fourth-order valence-electron chi connectivity index (χ4n) is 2.00. The van der Waals surface area contributed by atoms with Crippen LogP contribution < -0.4 is 5.32 Å². The van der Waals surface area contributed by atoms with Crippen LogP contribution in [0.25, 0.3) is 0 Å². The lowest BCUT2D eigenvalue weighted by Gasteiger charge is -2.31. The first-order valence-corrected chi connectivity index (χ1v) is 7.06. The number of carbonyl (C=O) groups excluding carboxylic acids is 2. The Balaban J connectivity index is 2.16. The summed E-state index contributed by atoms with van der Waals surface area (Å²) in [6.45, 7) is 5.77. The first kappa shape index (κ1) is 17.5. The number of rotatable bonds is 8. The van der Waals surface area contributed by atoms with Gasteiger partial charge in [-0.15, -0.1) is 0 Å². The number of ether oxygens (including phenoxy) is 3. The molecule has 1 saturated heterocycles. The molecule has 0 saturated carbocycles. The largest absolute Gasteiger partial charge is 0.445 e. The van der Waals surface area contributed by atoms with Gasteiger partial charge in [0.25, 0.3) is 0 Å². The lowest BCUT2D eigenvalue weighted by Crippen LogP contribution is -2.47. The van der Waals surface area contributed by atoms with E-state index in [2.05, 4.69) is 11.9 Å². The fourth-order valence-corrected chi connectivity index (χ4v) is 2.00. The molecule has 0 aromatic heterocycles. The highest BCUT2D eigenvalue weighted by molar-refractivity contribution is 5.77. The monoisotopic (exact) mass is 300 g/mol. The minimum Gasteiger partial charge on any atom is -0.445 e. The molecule has 1 N–H and O–H groups in total. The normalized spacial score (nSPS) is 15.6. The minimum atomic E-state index is -0.331. The van der Waals surface area contributed by atoms with Crippen molar-refractivity contribution >= 4 is 12.0 Å². The van der Waals surface area contributed by atoms with Gasteiger partial charge >= 0.3 is 6.09 Å². The first-order valence-electron chi connectivity index (χ1n) is 7.06. The van der Waals surface area contributed by atoms with Gasteiger partial charge in [-0.1, -0.05) is 12.7 Å². The molecule has 1 heterocycles. The van der Waals surface area contributed by atoms with Gasteiger partial charge in [-0.05, 0) is 12.8 Å². The van der Waals surface area contributed by atoms with E-state index in [0.717, 1.165) is 0 Å². The zero-order chi connectivity index (χ0) is 15.5. The number of hydrogen-bond acceptors (Lipinski definition) is 5. The van der Waals surface area contributed by atoms with Crippen molar-refractivity contribution in [2.45, 2.75) is 18.9 Å². The predicted molar refractivity (Wildman–Crippen MR) is 77.0 cm³/mol. The molecule has 0 radical (unpaired) electrons. The number of carbonyl (C=O) groups is 2. The molecule has 1 fully saturated rings. The Hall–Kier alpha value is -1.60. The van der Waals surface area contributed by atoms with E-state index >= 15 is 0 Å². The maximum atomic E-state index is 11.6. The van der Waals surface area contributed by atoms with Crippen molar-refractivity contribution in [3.63, 3.8) is 0 Å². The van der Waals surface area contributed by atoms with Gasteiger partial charge in [-0.25, -0.2) is 4.79 Å². The van der Waals surface area contributed by atoms with Crippen molar-refractivity contribution < 1.29 is 23.8 Å². The van der Waals surface area contributed by atoms with Crippen molar-refractivity contribution in [3.05, 3.63) is 12.7 Å². The number of likely N-dealkylation sites (tertiary alicyclic amines) is 1. The van der Waals surface area contributed by atoms with Crippen LogP contribution in [0.4, 0.5) is 4.79 Å². The highest BCUT2D eigenvalue weighted by Gasteiger charge is 2.24. The summed E-state index contributed by atoms with van der Waals surface area (Å²) in [5, 5.41) is 2.90. The van der Waals surface area contributed by atoms with Crippen LogP contribution in [0.15, 0.2) is 12.7 Å².